The predicted molar refractivity (Wildman–Crippen MR) is 54.7 cm³/mol. The van der Waals surface area contributed by atoms with Crippen LogP contribution in [0.2, 0.25) is 0 Å². The summed E-state index contributed by atoms with van der Waals surface area (Å²) in [6.07, 6.45) is 0.394. The van der Waals surface area contributed by atoms with Crippen LogP contribution in [0.5, 0.6) is 0 Å². The number of halogens is 2. The first-order chi connectivity index (χ1) is 7.27. The molecule has 1 aromatic carbocycles. The molecule has 0 spiro atoms. The summed E-state index contributed by atoms with van der Waals surface area (Å²) in [4.78, 5) is 0. The molecule has 0 aliphatic carbocycles. The van der Waals surface area contributed by atoms with Gasteiger partial charge in [-0.05, 0) is 18.6 Å². The fourth-order valence-electron chi connectivity index (χ4n) is 1.83. The summed E-state index contributed by atoms with van der Waals surface area (Å²) < 4.78 is 26.6. The van der Waals surface area contributed by atoms with Gasteiger partial charge in [-0.15, -0.1) is 0 Å². The van der Waals surface area contributed by atoms with Crippen molar-refractivity contribution < 1.29 is 8.78 Å². The number of hydrogen-bond donors (Lipinski definition) is 2. The van der Waals surface area contributed by atoms with Crippen LogP contribution in [0.15, 0.2) is 18.2 Å². The summed E-state index contributed by atoms with van der Waals surface area (Å²) >= 11 is 0. The van der Waals surface area contributed by atoms with Crippen LogP contribution in [0.25, 0.3) is 0 Å². The maximum Gasteiger partial charge on any atom is 0.129 e. The Bertz CT molecular complexity index is 315. The molecule has 1 fully saturated rings. The van der Waals surface area contributed by atoms with Gasteiger partial charge in [0.2, 0.25) is 0 Å². The topological polar surface area (TPSA) is 24.1 Å². The van der Waals surface area contributed by atoms with Crippen molar-refractivity contribution in [1.82, 2.24) is 10.6 Å². The van der Waals surface area contributed by atoms with E-state index in [-0.39, 0.29) is 11.6 Å². The first-order valence-electron chi connectivity index (χ1n) is 5.14. The van der Waals surface area contributed by atoms with Crippen molar-refractivity contribution in [3.05, 3.63) is 35.4 Å². The van der Waals surface area contributed by atoms with Gasteiger partial charge in [0, 0.05) is 31.2 Å². The Kier molecular flexibility index (Phi) is 3.28. The third kappa shape index (κ3) is 2.52. The van der Waals surface area contributed by atoms with Gasteiger partial charge in [0.15, 0.2) is 0 Å². The van der Waals surface area contributed by atoms with Gasteiger partial charge in [-0.1, -0.05) is 6.07 Å². The van der Waals surface area contributed by atoms with E-state index in [0.717, 1.165) is 19.6 Å². The second-order valence-electron chi connectivity index (χ2n) is 3.76. The Morgan fingerprint density at radius 2 is 1.93 bits per heavy atom. The van der Waals surface area contributed by atoms with Crippen molar-refractivity contribution in [2.24, 2.45) is 0 Å². The summed E-state index contributed by atoms with van der Waals surface area (Å²) in [6.45, 7) is 2.52. The minimum absolute atomic E-state index is 0.116. The molecule has 1 unspecified atom stereocenters. The van der Waals surface area contributed by atoms with Crippen molar-refractivity contribution in [1.29, 1.82) is 0 Å². The van der Waals surface area contributed by atoms with E-state index in [4.69, 9.17) is 0 Å². The molecule has 0 bridgehead atoms. The van der Waals surface area contributed by atoms with E-state index in [2.05, 4.69) is 10.6 Å². The lowest BCUT2D eigenvalue weighted by Gasteiger charge is -2.24. The third-order valence-electron chi connectivity index (χ3n) is 2.64. The highest BCUT2D eigenvalue weighted by Crippen LogP contribution is 2.14. The summed E-state index contributed by atoms with van der Waals surface area (Å²) in [7, 11) is 0. The first-order valence-corrected chi connectivity index (χ1v) is 5.14. The quantitative estimate of drug-likeness (QED) is 0.766. The maximum atomic E-state index is 13.3. The largest absolute Gasteiger partial charge is 0.314 e. The minimum Gasteiger partial charge on any atom is -0.314 e. The molecule has 1 aromatic rings. The molecule has 0 saturated carbocycles. The van der Waals surface area contributed by atoms with Crippen LogP contribution in [-0.2, 0) is 6.42 Å². The van der Waals surface area contributed by atoms with Gasteiger partial charge in [-0.25, -0.2) is 8.78 Å². The summed E-state index contributed by atoms with van der Waals surface area (Å²) in [6, 6.07) is 4.11. The molecule has 1 aliphatic heterocycles. The minimum atomic E-state index is -0.456. The second-order valence-corrected chi connectivity index (χ2v) is 3.76. The molecule has 4 heteroatoms. The zero-order valence-electron chi connectivity index (χ0n) is 8.39. The molecule has 82 valence electrons. The summed E-state index contributed by atoms with van der Waals surface area (Å²) in [5.74, 6) is -0.912. The van der Waals surface area contributed by atoms with E-state index in [1.165, 1.54) is 18.2 Å². The highest BCUT2D eigenvalue weighted by molar-refractivity contribution is 5.21. The number of rotatable bonds is 2. The molecule has 1 aliphatic rings. The normalized spacial score (nSPS) is 21.6. The smallest absolute Gasteiger partial charge is 0.129 e. The van der Waals surface area contributed by atoms with Gasteiger partial charge in [-0.2, -0.15) is 0 Å². The fraction of sp³-hybridized carbons (Fsp3) is 0.455. The Labute approximate surface area is 87.7 Å². The zero-order chi connectivity index (χ0) is 10.7. The van der Waals surface area contributed by atoms with Crippen molar-refractivity contribution in [2.45, 2.75) is 12.5 Å². The summed E-state index contributed by atoms with van der Waals surface area (Å²) in [5, 5.41) is 6.41. The van der Waals surface area contributed by atoms with Gasteiger partial charge in [0.1, 0.15) is 11.6 Å². The lowest BCUT2D eigenvalue weighted by atomic mass is 10.0. The zero-order valence-corrected chi connectivity index (χ0v) is 8.39. The second kappa shape index (κ2) is 4.68. The van der Waals surface area contributed by atoms with Crippen molar-refractivity contribution in [2.75, 3.05) is 19.6 Å². The Morgan fingerprint density at radius 3 is 2.53 bits per heavy atom. The van der Waals surface area contributed by atoms with Gasteiger partial charge in [0.25, 0.3) is 0 Å². The van der Waals surface area contributed by atoms with Crippen molar-refractivity contribution in [3.8, 4) is 0 Å². The van der Waals surface area contributed by atoms with Gasteiger partial charge in [0.05, 0.1) is 0 Å². The number of piperazine rings is 1. The van der Waals surface area contributed by atoms with Gasteiger partial charge < -0.3 is 10.6 Å². The number of benzene rings is 1. The lowest BCUT2D eigenvalue weighted by molar-refractivity contribution is 0.405. The highest BCUT2D eigenvalue weighted by atomic mass is 19.1. The highest BCUT2D eigenvalue weighted by Gasteiger charge is 2.17. The number of nitrogens with one attached hydrogen (secondary N) is 2. The molecule has 0 aromatic heterocycles. The van der Waals surface area contributed by atoms with Crippen LogP contribution in [0.3, 0.4) is 0 Å². The molecular formula is C11H14F2N2. The van der Waals surface area contributed by atoms with Crippen LogP contribution in [-0.4, -0.2) is 25.7 Å². The van der Waals surface area contributed by atoms with Crippen LogP contribution < -0.4 is 10.6 Å². The van der Waals surface area contributed by atoms with Crippen LogP contribution >= 0.6 is 0 Å². The van der Waals surface area contributed by atoms with Gasteiger partial charge >= 0.3 is 0 Å². The molecule has 1 saturated heterocycles. The van der Waals surface area contributed by atoms with E-state index in [0.29, 0.717) is 6.42 Å². The van der Waals surface area contributed by atoms with E-state index in [1.54, 1.807) is 0 Å². The fourth-order valence-corrected chi connectivity index (χ4v) is 1.83. The molecule has 1 heterocycles. The molecular weight excluding hydrogens is 198 g/mol. The van der Waals surface area contributed by atoms with E-state index < -0.39 is 11.6 Å². The first kappa shape index (κ1) is 10.5. The third-order valence-corrected chi connectivity index (χ3v) is 2.64. The van der Waals surface area contributed by atoms with Crippen LogP contribution in [0.4, 0.5) is 8.78 Å². The Morgan fingerprint density at radius 1 is 1.20 bits per heavy atom. The molecule has 1 atom stereocenters. The molecule has 2 rings (SSSR count). The van der Waals surface area contributed by atoms with Crippen LogP contribution in [0.1, 0.15) is 5.56 Å². The molecule has 2 N–H and O–H groups in total. The molecule has 0 amide bonds. The molecule has 0 radical (unpaired) electrons. The number of hydrogen-bond acceptors (Lipinski definition) is 2. The standard InChI is InChI=1S/C11H14F2N2/c12-10-2-1-3-11(13)9(10)6-8-7-14-4-5-15-8/h1-3,8,14-15H,4-7H2. The van der Waals surface area contributed by atoms with Crippen LogP contribution in [0, 0.1) is 11.6 Å². The van der Waals surface area contributed by atoms with Crippen molar-refractivity contribution in [3.63, 3.8) is 0 Å². The molecule has 15 heavy (non-hydrogen) atoms. The van der Waals surface area contributed by atoms with E-state index >= 15 is 0 Å². The SMILES string of the molecule is Fc1cccc(F)c1CC1CNCCN1. The Hall–Kier alpha value is -1.00. The Balaban J connectivity index is 2.09. The lowest BCUT2D eigenvalue weighted by Crippen LogP contribution is -2.49. The van der Waals surface area contributed by atoms with Crippen molar-refractivity contribution >= 4 is 0 Å². The molecule has 2 nitrogen and oxygen atoms in total. The van der Waals surface area contributed by atoms with Gasteiger partial charge in [-0.3, -0.25) is 0 Å². The predicted octanol–water partition coefficient (Wildman–Crippen LogP) is 1.07. The average molecular weight is 212 g/mol. The maximum absolute atomic E-state index is 13.3. The monoisotopic (exact) mass is 212 g/mol. The van der Waals surface area contributed by atoms with E-state index in [9.17, 15) is 8.78 Å². The van der Waals surface area contributed by atoms with E-state index in [1.807, 2.05) is 0 Å². The average Bonchev–Trinajstić information content (AvgIpc) is 2.25. The summed E-state index contributed by atoms with van der Waals surface area (Å²) in [5.41, 5.74) is 0.179.